The van der Waals surface area contributed by atoms with E-state index in [2.05, 4.69) is 58.4 Å². The fourth-order valence-electron chi connectivity index (χ4n) is 3.85. The van der Waals surface area contributed by atoms with Crippen molar-refractivity contribution in [1.29, 1.82) is 0 Å². The summed E-state index contributed by atoms with van der Waals surface area (Å²) in [5.74, 6) is 0.770. The van der Waals surface area contributed by atoms with Crippen molar-refractivity contribution in [3.63, 3.8) is 0 Å². The van der Waals surface area contributed by atoms with Gasteiger partial charge in [-0.05, 0) is 36.6 Å². The summed E-state index contributed by atoms with van der Waals surface area (Å²) in [6.45, 7) is 2.64. The Labute approximate surface area is 161 Å². The van der Waals surface area contributed by atoms with E-state index in [1.54, 1.807) is 0 Å². The van der Waals surface area contributed by atoms with Crippen LogP contribution in [-0.4, -0.2) is 16.4 Å². The van der Waals surface area contributed by atoms with Crippen molar-refractivity contribution < 1.29 is 4.74 Å². The van der Waals surface area contributed by atoms with E-state index in [1.807, 2.05) is 30.5 Å². The number of hydrogen-bond donors (Lipinski definition) is 0. The number of ether oxygens (including phenoxy) is 1. The molecule has 1 aliphatic heterocycles. The summed E-state index contributed by atoms with van der Waals surface area (Å²) in [5, 5.41) is 0. The number of piperidine rings is 1. The molecule has 27 heavy (non-hydrogen) atoms. The van der Waals surface area contributed by atoms with Gasteiger partial charge >= 0.3 is 0 Å². The summed E-state index contributed by atoms with van der Waals surface area (Å²) < 4.78 is 6.14. The summed E-state index contributed by atoms with van der Waals surface area (Å²) in [6, 6.07) is 25.6. The predicted molar refractivity (Wildman–Crippen MR) is 108 cm³/mol. The minimum absolute atomic E-state index is 0.360. The van der Waals surface area contributed by atoms with Crippen LogP contribution >= 0.6 is 0 Å². The number of hydrogen-bond acceptors (Lipinski definition) is 3. The van der Waals surface area contributed by atoms with Crippen LogP contribution in [-0.2, 0) is 13.2 Å². The number of likely N-dealkylation sites (tertiary alicyclic amines) is 1. The Kier molecular flexibility index (Phi) is 5.80. The van der Waals surface area contributed by atoms with Crippen LogP contribution in [0.25, 0.3) is 0 Å². The monoisotopic (exact) mass is 358 g/mol. The van der Waals surface area contributed by atoms with Gasteiger partial charge in [-0.2, -0.15) is 0 Å². The van der Waals surface area contributed by atoms with Crippen molar-refractivity contribution in [3.05, 3.63) is 95.7 Å². The molecule has 3 nitrogen and oxygen atoms in total. The molecular formula is C24H26N2O. The summed E-state index contributed by atoms with van der Waals surface area (Å²) in [4.78, 5) is 7.14. The quantitative estimate of drug-likeness (QED) is 0.591. The first-order chi connectivity index (χ1) is 13.4. The van der Waals surface area contributed by atoms with Crippen molar-refractivity contribution in [3.8, 4) is 5.88 Å². The number of pyridine rings is 1. The van der Waals surface area contributed by atoms with Crippen molar-refractivity contribution in [2.75, 3.05) is 6.54 Å². The van der Waals surface area contributed by atoms with Gasteiger partial charge in [0.05, 0.1) is 0 Å². The lowest BCUT2D eigenvalue weighted by atomic mass is 9.95. The smallest absolute Gasteiger partial charge is 0.218 e. The first kappa shape index (κ1) is 17.7. The van der Waals surface area contributed by atoms with E-state index in [1.165, 1.54) is 29.5 Å². The lowest BCUT2D eigenvalue weighted by Gasteiger charge is -2.36. The molecule has 0 aliphatic carbocycles. The van der Waals surface area contributed by atoms with Gasteiger partial charge in [0.25, 0.3) is 0 Å². The normalized spacial score (nSPS) is 17.6. The molecule has 1 saturated heterocycles. The highest BCUT2D eigenvalue weighted by atomic mass is 16.5. The largest absolute Gasteiger partial charge is 0.473 e. The molecule has 1 unspecified atom stereocenters. The maximum atomic E-state index is 6.14. The third-order valence-corrected chi connectivity index (χ3v) is 5.22. The molecular weight excluding hydrogens is 332 g/mol. The molecule has 2 aromatic carbocycles. The molecule has 1 aliphatic rings. The zero-order valence-corrected chi connectivity index (χ0v) is 15.6. The lowest BCUT2D eigenvalue weighted by molar-refractivity contribution is 0.135. The van der Waals surface area contributed by atoms with Gasteiger partial charge in [-0.3, -0.25) is 4.90 Å². The topological polar surface area (TPSA) is 25.4 Å². The summed E-state index contributed by atoms with van der Waals surface area (Å²) in [5.41, 5.74) is 3.74. The van der Waals surface area contributed by atoms with Crippen LogP contribution in [0.3, 0.4) is 0 Å². The fraction of sp³-hybridized carbons (Fsp3) is 0.292. The second kappa shape index (κ2) is 8.83. The van der Waals surface area contributed by atoms with Crippen LogP contribution in [0.15, 0.2) is 79.0 Å². The van der Waals surface area contributed by atoms with Crippen LogP contribution < -0.4 is 4.74 Å². The highest BCUT2D eigenvalue weighted by Gasteiger charge is 2.27. The Morgan fingerprint density at radius 2 is 1.59 bits per heavy atom. The third-order valence-electron chi connectivity index (χ3n) is 5.22. The maximum absolute atomic E-state index is 6.14. The van der Waals surface area contributed by atoms with Gasteiger partial charge in [0.2, 0.25) is 5.88 Å². The second-order valence-electron chi connectivity index (χ2n) is 7.14. The molecule has 138 valence electrons. The van der Waals surface area contributed by atoms with Crippen LogP contribution in [0.1, 0.15) is 42.0 Å². The van der Waals surface area contributed by atoms with Crippen LogP contribution in [0.4, 0.5) is 0 Å². The second-order valence-corrected chi connectivity index (χ2v) is 7.14. The van der Waals surface area contributed by atoms with Crippen molar-refractivity contribution >= 4 is 0 Å². The molecule has 0 radical (unpaired) electrons. The third kappa shape index (κ3) is 4.55. The summed E-state index contributed by atoms with van der Waals surface area (Å²) in [6.07, 6.45) is 5.49. The summed E-state index contributed by atoms with van der Waals surface area (Å²) in [7, 11) is 0. The minimum atomic E-state index is 0.360. The Hall–Kier alpha value is -2.65. The molecule has 0 saturated carbocycles. The Morgan fingerprint density at radius 1 is 0.852 bits per heavy atom. The van der Waals surface area contributed by atoms with E-state index in [0.717, 1.165) is 25.4 Å². The van der Waals surface area contributed by atoms with E-state index in [0.29, 0.717) is 12.6 Å². The fourth-order valence-corrected chi connectivity index (χ4v) is 3.85. The van der Waals surface area contributed by atoms with Gasteiger partial charge in [0.1, 0.15) is 6.61 Å². The number of benzene rings is 2. The van der Waals surface area contributed by atoms with Crippen LogP contribution in [0.2, 0.25) is 0 Å². The number of nitrogens with zero attached hydrogens (tertiary/aromatic N) is 2. The Balaban J connectivity index is 1.53. The van der Waals surface area contributed by atoms with Gasteiger partial charge < -0.3 is 4.74 Å². The van der Waals surface area contributed by atoms with Crippen molar-refractivity contribution in [1.82, 2.24) is 9.88 Å². The molecule has 3 aromatic rings. The lowest BCUT2D eigenvalue weighted by Crippen LogP contribution is -2.33. The van der Waals surface area contributed by atoms with Gasteiger partial charge in [0.15, 0.2) is 0 Å². The molecule has 3 heteroatoms. The Morgan fingerprint density at radius 3 is 2.37 bits per heavy atom. The van der Waals surface area contributed by atoms with Crippen molar-refractivity contribution in [2.24, 2.45) is 0 Å². The first-order valence-corrected chi connectivity index (χ1v) is 9.80. The summed E-state index contributed by atoms with van der Waals surface area (Å²) >= 11 is 0. The van der Waals surface area contributed by atoms with Gasteiger partial charge in [-0.15, -0.1) is 0 Å². The molecule has 4 rings (SSSR count). The van der Waals surface area contributed by atoms with E-state index in [9.17, 15) is 0 Å². The number of aromatic nitrogens is 1. The number of rotatable bonds is 6. The van der Waals surface area contributed by atoms with Gasteiger partial charge in [-0.1, -0.05) is 73.2 Å². The van der Waals surface area contributed by atoms with E-state index in [4.69, 9.17) is 4.74 Å². The van der Waals surface area contributed by atoms with E-state index < -0.39 is 0 Å². The molecule has 1 aromatic heterocycles. The molecule has 0 N–H and O–H groups in total. The minimum Gasteiger partial charge on any atom is -0.473 e. The van der Waals surface area contributed by atoms with Crippen LogP contribution in [0, 0.1) is 0 Å². The van der Waals surface area contributed by atoms with Crippen LogP contribution in [0.5, 0.6) is 5.88 Å². The van der Waals surface area contributed by atoms with E-state index in [-0.39, 0.29) is 0 Å². The van der Waals surface area contributed by atoms with Gasteiger partial charge in [0, 0.05) is 24.3 Å². The zero-order valence-electron chi connectivity index (χ0n) is 15.6. The van der Waals surface area contributed by atoms with Gasteiger partial charge in [-0.25, -0.2) is 4.98 Å². The Bertz CT molecular complexity index is 835. The molecule has 1 fully saturated rings. The highest BCUT2D eigenvalue weighted by molar-refractivity contribution is 5.30. The standard InChI is InChI=1S/C24H26N2O/c1-3-10-20(11-4-1)18-26-17-8-7-15-23(26)22-14-9-16-25-24(22)27-19-21-12-5-2-6-13-21/h1-6,9-14,16,23H,7-8,15,17-19H2. The zero-order chi connectivity index (χ0) is 18.3. The first-order valence-electron chi connectivity index (χ1n) is 9.80. The van der Waals surface area contributed by atoms with Crippen molar-refractivity contribution in [2.45, 2.75) is 38.5 Å². The molecule has 0 spiro atoms. The SMILES string of the molecule is c1ccc(COc2ncccc2C2CCCCN2Cc2ccccc2)cc1. The average Bonchev–Trinajstić information content (AvgIpc) is 2.74. The average molecular weight is 358 g/mol. The maximum Gasteiger partial charge on any atom is 0.218 e. The molecule has 0 bridgehead atoms. The molecule has 2 heterocycles. The van der Waals surface area contributed by atoms with E-state index >= 15 is 0 Å². The molecule has 1 atom stereocenters. The predicted octanol–water partition coefficient (Wildman–Crippen LogP) is 5.39. The highest BCUT2D eigenvalue weighted by Crippen LogP contribution is 2.36. The molecule has 0 amide bonds.